The number of amides is 1. The third kappa shape index (κ3) is 5.09. The lowest BCUT2D eigenvalue weighted by atomic mass is 9.89. The topological polar surface area (TPSA) is 132 Å². The Bertz CT molecular complexity index is 1340. The fraction of sp³-hybridized carbons (Fsp3) is 0.500. The molecule has 0 spiro atoms. The van der Waals surface area contributed by atoms with Crippen molar-refractivity contribution in [1.29, 1.82) is 0 Å². The molecule has 2 aromatic heterocycles. The van der Waals surface area contributed by atoms with Crippen LogP contribution in [0.2, 0.25) is 0 Å². The van der Waals surface area contributed by atoms with E-state index in [1.165, 1.54) is 6.07 Å². The van der Waals surface area contributed by atoms with Gasteiger partial charge in [-0.15, -0.1) is 0 Å². The van der Waals surface area contributed by atoms with Crippen molar-refractivity contribution in [3.63, 3.8) is 0 Å². The summed E-state index contributed by atoms with van der Waals surface area (Å²) >= 11 is 0. The second kappa shape index (κ2) is 10.1. The number of halogens is 5. The van der Waals surface area contributed by atoms with Gasteiger partial charge in [-0.2, -0.15) is 8.78 Å². The van der Waals surface area contributed by atoms with Crippen molar-refractivity contribution < 1.29 is 35.7 Å². The highest BCUT2D eigenvalue weighted by molar-refractivity contribution is 8.04. The van der Waals surface area contributed by atoms with Gasteiger partial charge in [-0.1, -0.05) is 0 Å². The molecule has 0 radical (unpaired) electrons. The van der Waals surface area contributed by atoms with Crippen molar-refractivity contribution >= 4 is 27.7 Å². The number of hydrogen-bond donors (Lipinski definition) is 4. The number of anilines is 1. The van der Waals surface area contributed by atoms with Crippen LogP contribution in [0.3, 0.4) is 0 Å². The Morgan fingerprint density at radius 2 is 2.00 bits per heavy atom. The van der Waals surface area contributed by atoms with Gasteiger partial charge in [-0.05, 0) is 68.0 Å². The predicted molar refractivity (Wildman–Crippen MR) is 136 cm³/mol. The number of rotatable bonds is 7. The number of carbonyl (C=O) groups is 1. The summed E-state index contributed by atoms with van der Waals surface area (Å²) < 4.78 is 86.9. The zero-order chi connectivity index (χ0) is 28.8. The summed E-state index contributed by atoms with van der Waals surface area (Å²) in [6.45, 7) is 4.07. The molecule has 2 aliphatic rings. The standard InChI is InChI=1S/C24H29F5N6O3S/c1-22(2)21(30)35-23(3,16-5-4-10-32-39(16,22)37)18-14(25)7-9-17(33-18)34-19(36)15-8-6-13(11-31-15)38-12-24(28,29)20(26)27/h6-9,11,16,20,39H,4-5,10,12H2,1-3H3,(H2,30,35)(H,32,37)(H,33,34,36)/t16-,23+/m1/s1. The SMILES string of the molecule is CC1(C)C(N)=N[C@](C)(c2nc(NC(=O)c3ccc(OCC(F)(F)C(F)F)cn3)ccc2F)[C@H]2CCCN[SH]21=O. The number of pyridine rings is 2. The highest BCUT2D eigenvalue weighted by atomic mass is 32.3. The lowest BCUT2D eigenvalue weighted by molar-refractivity contribution is -0.148. The molecule has 214 valence electrons. The molecule has 1 fully saturated rings. The second-order valence-corrected chi connectivity index (χ2v) is 13.5. The number of fused-ring (bicyclic) bond motifs is 1. The van der Waals surface area contributed by atoms with E-state index in [0.717, 1.165) is 24.4 Å². The number of carbonyl (C=O) groups excluding carboxylic acids is 1. The van der Waals surface area contributed by atoms with E-state index in [1.54, 1.807) is 20.8 Å². The van der Waals surface area contributed by atoms with Crippen LogP contribution in [-0.2, 0) is 15.7 Å². The first kappa shape index (κ1) is 28.8. The Balaban J connectivity index is 1.57. The zero-order valence-corrected chi connectivity index (χ0v) is 22.2. The number of ether oxygens (including phenoxy) is 1. The third-order valence-corrected chi connectivity index (χ3v) is 11.4. The minimum Gasteiger partial charge on any atom is -0.485 e. The molecule has 1 saturated heterocycles. The molecule has 4 N–H and O–H groups in total. The quantitative estimate of drug-likeness (QED) is 0.296. The van der Waals surface area contributed by atoms with Gasteiger partial charge in [-0.3, -0.25) is 18.7 Å². The van der Waals surface area contributed by atoms with E-state index >= 15 is 4.39 Å². The summed E-state index contributed by atoms with van der Waals surface area (Å²) in [6, 6.07) is 4.57. The highest BCUT2D eigenvalue weighted by Crippen LogP contribution is 2.48. The minimum atomic E-state index is -4.34. The number of nitrogens with two attached hydrogens (primary N) is 1. The van der Waals surface area contributed by atoms with Crippen molar-refractivity contribution in [3.8, 4) is 5.75 Å². The Hall–Kier alpha value is -3.20. The van der Waals surface area contributed by atoms with E-state index in [0.29, 0.717) is 19.4 Å². The molecule has 2 atom stereocenters. The average Bonchev–Trinajstić information content (AvgIpc) is 2.88. The lowest BCUT2D eigenvalue weighted by Gasteiger charge is -2.55. The van der Waals surface area contributed by atoms with Gasteiger partial charge in [0.2, 0.25) is 0 Å². The molecular formula is C24H29F5N6O3S. The van der Waals surface area contributed by atoms with Gasteiger partial charge in [0.15, 0.2) is 6.61 Å². The first-order valence-electron chi connectivity index (χ1n) is 12.1. The molecule has 0 saturated carbocycles. The van der Waals surface area contributed by atoms with Crippen LogP contribution >= 0.6 is 0 Å². The monoisotopic (exact) mass is 576 g/mol. The Kier molecular flexibility index (Phi) is 7.44. The second-order valence-electron chi connectivity index (χ2n) is 10.1. The number of thiol groups is 1. The molecule has 39 heavy (non-hydrogen) atoms. The molecule has 0 aromatic carbocycles. The summed E-state index contributed by atoms with van der Waals surface area (Å²) in [5, 5.41) is 1.88. The summed E-state index contributed by atoms with van der Waals surface area (Å²) in [5.41, 5.74) is 4.56. The van der Waals surface area contributed by atoms with Crippen LogP contribution in [-0.4, -0.2) is 61.4 Å². The Morgan fingerprint density at radius 3 is 2.64 bits per heavy atom. The van der Waals surface area contributed by atoms with Gasteiger partial charge in [-0.25, -0.2) is 23.1 Å². The van der Waals surface area contributed by atoms with Crippen molar-refractivity contribution in [2.75, 3.05) is 18.5 Å². The molecule has 0 unspecified atom stereocenters. The molecule has 0 bridgehead atoms. The first-order chi connectivity index (χ1) is 18.1. The van der Waals surface area contributed by atoms with Crippen molar-refractivity contribution in [2.24, 2.45) is 10.7 Å². The lowest BCUT2D eigenvalue weighted by Crippen LogP contribution is -2.69. The van der Waals surface area contributed by atoms with Gasteiger partial charge in [0.1, 0.15) is 40.1 Å². The van der Waals surface area contributed by atoms with Gasteiger partial charge in [0.25, 0.3) is 5.91 Å². The van der Waals surface area contributed by atoms with Crippen molar-refractivity contribution in [1.82, 2.24) is 14.7 Å². The highest BCUT2D eigenvalue weighted by Gasteiger charge is 2.57. The number of aliphatic imine (C=N–C) groups is 1. The smallest absolute Gasteiger partial charge is 0.340 e. The molecular weight excluding hydrogens is 547 g/mol. The van der Waals surface area contributed by atoms with E-state index in [2.05, 4.69) is 29.7 Å². The fourth-order valence-electron chi connectivity index (χ4n) is 4.79. The normalized spacial score (nSPS) is 24.8. The molecule has 4 heterocycles. The van der Waals surface area contributed by atoms with E-state index < -0.39 is 56.3 Å². The number of alkyl halides is 4. The molecule has 15 heteroatoms. The van der Waals surface area contributed by atoms with Crippen LogP contribution in [0.5, 0.6) is 5.75 Å². The van der Waals surface area contributed by atoms with Crippen LogP contribution in [0, 0.1) is 5.82 Å². The summed E-state index contributed by atoms with van der Waals surface area (Å²) in [4.78, 5) is 25.4. The zero-order valence-electron chi connectivity index (χ0n) is 21.4. The molecule has 2 aliphatic heterocycles. The van der Waals surface area contributed by atoms with E-state index in [4.69, 9.17) is 5.73 Å². The van der Waals surface area contributed by atoms with Crippen LogP contribution in [0.1, 0.15) is 49.8 Å². The minimum absolute atomic E-state index is 0.0477. The number of hydrogen-bond acceptors (Lipinski definition) is 7. The number of aromatic nitrogens is 2. The fourth-order valence-corrected chi connectivity index (χ4v) is 8.50. The Morgan fingerprint density at radius 1 is 1.28 bits per heavy atom. The van der Waals surface area contributed by atoms with Crippen LogP contribution in [0.4, 0.5) is 27.8 Å². The van der Waals surface area contributed by atoms with Crippen LogP contribution < -0.4 is 20.5 Å². The first-order valence-corrected chi connectivity index (χ1v) is 13.8. The number of nitrogens with zero attached hydrogens (tertiary/aromatic N) is 3. The maximum absolute atomic E-state index is 15.2. The van der Waals surface area contributed by atoms with Crippen molar-refractivity contribution in [2.45, 2.75) is 61.5 Å². The molecule has 9 nitrogen and oxygen atoms in total. The van der Waals surface area contributed by atoms with E-state index in [-0.39, 0.29) is 28.8 Å². The van der Waals surface area contributed by atoms with Crippen LogP contribution in [0.15, 0.2) is 35.5 Å². The van der Waals surface area contributed by atoms with E-state index in [9.17, 15) is 26.6 Å². The van der Waals surface area contributed by atoms with Crippen molar-refractivity contribution in [3.05, 3.63) is 47.7 Å². The van der Waals surface area contributed by atoms with Gasteiger partial charge in [0, 0.05) is 6.54 Å². The third-order valence-electron chi connectivity index (χ3n) is 7.19. The maximum Gasteiger partial charge on any atom is 0.340 e. The summed E-state index contributed by atoms with van der Waals surface area (Å²) in [7, 11) is -3.21. The average molecular weight is 577 g/mol. The number of nitrogens with one attached hydrogen (secondary N) is 2. The Labute approximate surface area is 222 Å². The molecule has 1 amide bonds. The molecule has 2 aromatic rings. The molecule has 4 rings (SSSR count). The van der Waals surface area contributed by atoms with Crippen LogP contribution in [0.25, 0.3) is 0 Å². The van der Waals surface area contributed by atoms with Gasteiger partial charge < -0.3 is 15.8 Å². The molecule has 0 aliphatic carbocycles. The largest absolute Gasteiger partial charge is 0.485 e. The maximum atomic E-state index is 15.2. The summed E-state index contributed by atoms with van der Waals surface area (Å²) in [6.07, 6.45) is -1.77. The number of amidine groups is 1. The van der Waals surface area contributed by atoms with Gasteiger partial charge in [0.05, 0.1) is 16.2 Å². The van der Waals surface area contributed by atoms with E-state index in [1.807, 2.05) is 0 Å². The van der Waals surface area contributed by atoms with Gasteiger partial charge >= 0.3 is 12.3 Å². The predicted octanol–water partition coefficient (Wildman–Crippen LogP) is 3.20. The summed E-state index contributed by atoms with van der Waals surface area (Å²) in [5.74, 6) is -6.02.